The SMILES string of the molecule is Cc1ccc(CN2CCC(NCc3ccnn3C)C2=O)cc1. The number of hydrogen-bond acceptors (Lipinski definition) is 3. The first-order valence-electron chi connectivity index (χ1n) is 7.68. The van der Waals surface area contributed by atoms with Crippen molar-refractivity contribution < 1.29 is 4.79 Å². The Bertz CT molecular complexity index is 647. The molecule has 1 fully saturated rings. The molecule has 2 heterocycles. The van der Waals surface area contributed by atoms with Crippen LogP contribution < -0.4 is 5.32 Å². The van der Waals surface area contributed by atoms with Crippen LogP contribution >= 0.6 is 0 Å². The summed E-state index contributed by atoms with van der Waals surface area (Å²) in [4.78, 5) is 14.4. The van der Waals surface area contributed by atoms with Crippen molar-refractivity contribution in [2.45, 2.75) is 32.5 Å². The summed E-state index contributed by atoms with van der Waals surface area (Å²) in [7, 11) is 1.91. The van der Waals surface area contributed by atoms with E-state index in [2.05, 4.69) is 41.6 Å². The van der Waals surface area contributed by atoms with Crippen molar-refractivity contribution in [3.63, 3.8) is 0 Å². The van der Waals surface area contributed by atoms with Gasteiger partial charge in [-0.2, -0.15) is 5.10 Å². The molecule has 1 aromatic carbocycles. The summed E-state index contributed by atoms with van der Waals surface area (Å²) in [6.07, 6.45) is 2.64. The van der Waals surface area contributed by atoms with Crippen LogP contribution in [0.2, 0.25) is 0 Å². The average molecular weight is 298 g/mol. The molecule has 1 atom stereocenters. The lowest BCUT2D eigenvalue weighted by molar-refractivity contribution is -0.129. The Morgan fingerprint density at radius 2 is 2.05 bits per heavy atom. The highest BCUT2D eigenvalue weighted by atomic mass is 16.2. The molecule has 1 N–H and O–H groups in total. The molecule has 5 nitrogen and oxygen atoms in total. The Hall–Kier alpha value is -2.14. The largest absolute Gasteiger partial charge is 0.337 e. The van der Waals surface area contributed by atoms with E-state index in [1.807, 2.05) is 22.7 Å². The van der Waals surface area contributed by atoms with Crippen LogP contribution in [0.25, 0.3) is 0 Å². The van der Waals surface area contributed by atoms with Crippen LogP contribution in [0, 0.1) is 6.92 Å². The van der Waals surface area contributed by atoms with E-state index in [4.69, 9.17) is 0 Å². The molecule has 0 bridgehead atoms. The molecule has 1 unspecified atom stereocenters. The Morgan fingerprint density at radius 3 is 2.73 bits per heavy atom. The van der Waals surface area contributed by atoms with Crippen LogP contribution in [-0.2, 0) is 24.9 Å². The van der Waals surface area contributed by atoms with Crippen LogP contribution in [0.1, 0.15) is 23.2 Å². The minimum Gasteiger partial charge on any atom is -0.337 e. The Balaban J connectivity index is 1.55. The van der Waals surface area contributed by atoms with Crippen LogP contribution in [0.4, 0.5) is 0 Å². The van der Waals surface area contributed by atoms with Crippen molar-refractivity contribution in [2.24, 2.45) is 7.05 Å². The van der Waals surface area contributed by atoms with E-state index >= 15 is 0 Å². The molecular weight excluding hydrogens is 276 g/mol. The standard InChI is InChI=1S/C17H22N4O/c1-13-3-5-14(6-4-13)12-21-10-8-16(17(21)22)18-11-15-7-9-19-20(15)2/h3-7,9,16,18H,8,10-12H2,1-2H3. The van der Waals surface area contributed by atoms with Crippen molar-refractivity contribution in [3.8, 4) is 0 Å². The minimum absolute atomic E-state index is 0.0830. The Morgan fingerprint density at radius 1 is 1.27 bits per heavy atom. The fourth-order valence-electron chi connectivity index (χ4n) is 2.80. The number of amides is 1. The highest BCUT2D eigenvalue weighted by Crippen LogP contribution is 2.16. The molecule has 1 amide bonds. The van der Waals surface area contributed by atoms with Crippen LogP contribution in [0.5, 0.6) is 0 Å². The molecule has 5 heteroatoms. The van der Waals surface area contributed by atoms with Crippen molar-refractivity contribution in [1.82, 2.24) is 20.0 Å². The molecular formula is C17H22N4O. The second-order valence-corrected chi connectivity index (χ2v) is 5.91. The van der Waals surface area contributed by atoms with E-state index < -0.39 is 0 Å². The maximum Gasteiger partial charge on any atom is 0.240 e. The van der Waals surface area contributed by atoms with Gasteiger partial charge in [0.05, 0.1) is 11.7 Å². The van der Waals surface area contributed by atoms with E-state index in [0.717, 1.165) is 18.7 Å². The number of nitrogens with zero attached hydrogens (tertiary/aromatic N) is 3. The van der Waals surface area contributed by atoms with Gasteiger partial charge >= 0.3 is 0 Å². The maximum absolute atomic E-state index is 12.5. The lowest BCUT2D eigenvalue weighted by Gasteiger charge is -2.17. The van der Waals surface area contributed by atoms with Gasteiger partial charge in [0.25, 0.3) is 0 Å². The number of likely N-dealkylation sites (tertiary alicyclic amines) is 1. The summed E-state index contributed by atoms with van der Waals surface area (Å²) in [6.45, 7) is 4.26. The highest BCUT2D eigenvalue weighted by molar-refractivity contribution is 5.83. The quantitative estimate of drug-likeness (QED) is 0.912. The fraction of sp³-hybridized carbons (Fsp3) is 0.412. The lowest BCUT2D eigenvalue weighted by atomic mass is 10.1. The summed E-state index contributed by atoms with van der Waals surface area (Å²) in [5.41, 5.74) is 3.52. The lowest BCUT2D eigenvalue weighted by Crippen LogP contribution is -2.38. The topological polar surface area (TPSA) is 50.2 Å². The molecule has 1 aliphatic rings. The first-order chi connectivity index (χ1) is 10.6. The Labute approximate surface area is 130 Å². The first-order valence-corrected chi connectivity index (χ1v) is 7.68. The molecule has 0 spiro atoms. The molecule has 116 valence electrons. The summed E-state index contributed by atoms with van der Waals surface area (Å²) < 4.78 is 1.83. The van der Waals surface area contributed by atoms with Gasteiger partial charge in [0.15, 0.2) is 0 Å². The number of nitrogens with one attached hydrogen (secondary N) is 1. The zero-order valence-electron chi connectivity index (χ0n) is 13.1. The summed E-state index contributed by atoms with van der Waals surface area (Å²) in [6, 6.07) is 10.3. The van der Waals surface area contributed by atoms with E-state index in [9.17, 15) is 4.79 Å². The summed E-state index contributed by atoms with van der Waals surface area (Å²) in [5.74, 6) is 0.197. The van der Waals surface area contributed by atoms with Gasteiger partial charge in [-0.1, -0.05) is 29.8 Å². The zero-order chi connectivity index (χ0) is 15.5. The number of hydrogen-bond donors (Lipinski definition) is 1. The molecule has 3 rings (SSSR count). The zero-order valence-corrected chi connectivity index (χ0v) is 13.1. The normalized spacial score (nSPS) is 18.2. The predicted molar refractivity (Wildman–Crippen MR) is 85.0 cm³/mol. The number of rotatable bonds is 5. The van der Waals surface area contributed by atoms with Crippen molar-refractivity contribution in [3.05, 3.63) is 53.3 Å². The third-order valence-corrected chi connectivity index (χ3v) is 4.24. The van der Waals surface area contributed by atoms with Crippen molar-refractivity contribution in [2.75, 3.05) is 6.54 Å². The smallest absolute Gasteiger partial charge is 0.240 e. The molecule has 0 aliphatic carbocycles. The molecule has 2 aromatic rings. The third kappa shape index (κ3) is 3.20. The monoisotopic (exact) mass is 298 g/mol. The van der Waals surface area contributed by atoms with Gasteiger partial charge in [-0.05, 0) is 25.0 Å². The number of carbonyl (C=O) groups is 1. The number of aryl methyl sites for hydroxylation is 2. The molecule has 1 saturated heterocycles. The van der Waals surface area contributed by atoms with Gasteiger partial charge in [-0.25, -0.2) is 0 Å². The van der Waals surface area contributed by atoms with Crippen molar-refractivity contribution in [1.29, 1.82) is 0 Å². The number of carbonyl (C=O) groups excluding carboxylic acids is 1. The molecule has 1 aliphatic heterocycles. The van der Waals surface area contributed by atoms with Gasteiger partial charge in [0.1, 0.15) is 0 Å². The van der Waals surface area contributed by atoms with Gasteiger partial charge in [0, 0.05) is 32.9 Å². The second kappa shape index (κ2) is 6.32. The van der Waals surface area contributed by atoms with Gasteiger partial charge in [-0.15, -0.1) is 0 Å². The third-order valence-electron chi connectivity index (χ3n) is 4.24. The summed E-state index contributed by atoms with van der Waals surface area (Å²) in [5, 5.41) is 7.49. The second-order valence-electron chi connectivity index (χ2n) is 5.91. The van der Waals surface area contributed by atoms with Crippen LogP contribution in [0.3, 0.4) is 0 Å². The molecule has 22 heavy (non-hydrogen) atoms. The average Bonchev–Trinajstić information content (AvgIpc) is 3.07. The predicted octanol–water partition coefficient (Wildman–Crippen LogP) is 1.62. The molecule has 0 radical (unpaired) electrons. The highest BCUT2D eigenvalue weighted by Gasteiger charge is 2.31. The molecule has 0 saturated carbocycles. The minimum atomic E-state index is -0.0830. The fourth-order valence-corrected chi connectivity index (χ4v) is 2.80. The van der Waals surface area contributed by atoms with E-state index in [-0.39, 0.29) is 11.9 Å². The molecule has 1 aromatic heterocycles. The first kappa shape index (κ1) is 14.8. The van der Waals surface area contributed by atoms with Gasteiger partial charge in [-0.3, -0.25) is 9.48 Å². The maximum atomic E-state index is 12.5. The van der Waals surface area contributed by atoms with Crippen LogP contribution in [-0.4, -0.2) is 33.2 Å². The van der Waals surface area contributed by atoms with E-state index in [0.29, 0.717) is 13.1 Å². The van der Waals surface area contributed by atoms with Crippen LogP contribution in [0.15, 0.2) is 36.5 Å². The number of aromatic nitrogens is 2. The number of benzene rings is 1. The van der Waals surface area contributed by atoms with E-state index in [1.54, 1.807) is 6.20 Å². The van der Waals surface area contributed by atoms with E-state index in [1.165, 1.54) is 11.1 Å². The van der Waals surface area contributed by atoms with Gasteiger partial charge < -0.3 is 10.2 Å². The van der Waals surface area contributed by atoms with Crippen molar-refractivity contribution >= 4 is 5.91 Å². The van der Waals surface area contributed by atoms with Gasteiger partial charge in [0.2, 0.25) is 5.91 Å². The Kier molecular flexibility index (Phi) is 4.24. The summed E-state index contributed by atoms with van der Waals surface area (Å²) >= 11 is 0.